The van der Waals surface area contributed by atoms with Crippen molar-refractivity contribution in [2.45, 2.75) is 11.1 Å². The van der Waals surface area contributed by atoms with Crippen LogP contribution in [-0.2, 0) is 21.0 Å². The number of nitrogens with zero attached hydrogens (tertiary/aromatic N) is 1. The number of rotatable bonds is 7. The number of carbonyl (C=O) groups excluding carboxylic acids is 1. The monoisotopic (exact) mass is 532 g/mol. The predicted octanol–water partition coefficient (Wildman–Crippen LogP) is 5.85. The van der Waals surface area contributed by atoms with Gasteiger partial charge in [0.1, 0.15) is 12.3 Å². The fourth-order valence-corrected chi connectivity index (χ4v) is 4.81. The van der Waals surface area contributed by atoms with Crippen LogP contribution in [0.4, 0.5) is 24.5 Å². The van der Waals surface area contributed by atoms with Gasteiger partial charge in [-0.25, -0.2) is 8.42 Å². The van der Waals surface area contributed by atoms with Gasteiger partial charge in [-0.3, -0.25) is 9.10 Å². The van der Waals surface area contributed by atoms with Crippen LogP contribution in [0.25, 0.3) is 0 Å². The molecule has 0 radical (unpaired) electrons. The summed E-state index contributed by atoms with van der Waals surface area (Å²) < 4.78 is 71.7. The lowest BCUT2D eigenvalue weighted by Gasteiger charge is -2.25. The molecular formula is C22H17Cl2F3N2O4S. The molecule has 0 aliphatic rings. The minimum absolute atomic E-state index is 0.0416. The lowest BCUT2D eigenvalue weighted by atomic mass is 10.2. The topological polar surface area (TPSA) is 75.7 Å². The van der Waals surface area contributed by atoms with E-state index in [-0.39, 0.29) is 32.1 Å². The molecule has 3 aromatic rings. The molecule has 0 bridgehead atoms. The van der Waals surface area contributed by atoms with Crippen LogP contribution < -0.4 is 14.4 Å². The number of ether oxygens (including phenoxy) is 1. The van der Waals surface area contributed by atoms with Crippen LogP contribution in [0.15, 0.2) is 71.6 Å². The number of alkyl halides is 3. The van der Waals surface area contributed by atoms with Gasteiger partial charge in [-0.2, -0.15) is 13.2 Å². The summed E-state index contributed by atoms with van der Waals surface area (Å²) >= 11 is 12.1. The number of methoxy groups -OCH3 is 1. The third-order valence-corrected chi connectivity index (χ3v) is 7.02. The Hall–Kier alpha value is -2.95. The smallest absolute Gasteiger partial charge is 0.416 e. The molecule has 0 atom stereocenters. The molecule has 0 fully saturated rings. The number of sulfonamides is 1. The number of benzene rings is 3. The first-order valence-corrected chi connectivity index (χ1v) is 11.7. The van der Waals surface area contributed by atoms with Gasteiger partial charge in [-0.15, -0.1) is 0 Å². The number of halogens is 5. The summed E-state index contributed by atoms with van der Waals surface area (Å²) in [6, 6.07) is 13.8. The molecule has 0 aliphatic heterocycles. The van der Waals surface area contributed by atoms with Crippen LogP contribution in [0.5, 0.6) is 5.75 Å². The van der Waals surface area contributed by atoms with E-state index >= 15 is 0 Å². The lowest BCUT2D eigenvalue weighted by Crippen LogP contribution is -2.38. The molecule has 0 spiro atoms. The standard InChI is InChI=1S/C22H17Cl2F3N2O4S/c1-33-20-10-8-15(12-18(20)24)29(34(31,32)16-5-3-2-4-6-16)13-21(30)28-19-11-14(22(25,26)27)7-9-17(19)23/h2-12H,13H2,1H3,(H,28,30). The predicted molar refractivity (Wildman–Crippen MR) is 124 cm³/mol. The normalized spacial score (nSPS) is 11.7. The van der Waals surface area contributed by atoms with E-state index < -0.39 is 34.2 Å². The first kappa shape index (κ1) is 25.7. The second kappa shape index (κ2) is 10.1. The summed E-state index contributed by atoms with van der Waals surface area (Å²) in [4.78, 5) is 12.7. The highest BCUT2D eigenvalue weighted by molar-refractivity contribution is 7.92. The fraction of sp³-hybridized carbons (Fsp3) is 0.136. The van der Waals surface area contributed by atoms with Crippen LogP contribution >= 0.6 is 23.2 Å². The number of hydrogen-bond donors (Lipinski definition) is 1. The van der Waals surface area contributed by atoms with Crippen molar-refractivity contribution >= 4 is 50.5 Å². The average molecular weight is 533 g/mol. The zero-order valence-electron chi connectivity index (χ0n) is 17.4. The van der Waals surface area contributed by atoms with Gasteiger partial charge in [-0.1, -0.05) is 41.4 Å². The summed E-state index contributed by atoms with van der Waals surface area (Å²) in [5.41, 5.74) is -1.30. The molecule has 6 nitrogen and oxygen atoms in total. The number of carbonyl (C=O) groups is 1. The summed E-state index contributed by atoms with van der Waals surface area (Å²) in [5, 5.41) is 2.19. The molecule has 1 N–H and O–H groups in total. The van der Waals surface area contributed by atoms with E-state index in [9.17, 15) is 26.4 Å². The lowest BCUT2D eigenvalue weighted by molar-refractivity contribution is -0.137. The maximum Gasteiger partial charge on any atom is 0.416 e. The van der Waals surface area contributed by atoms with E-state index in [1.54, 1.807) is 6.07 Å². The Bertz CT molecular complexity index is 1300. The molecule has 0 saturated heterocycles. The minimum Gasteiger partial charge on any atom is -0.495 e. The van der Waals surface area contributed by atoms with E-state index in [1.165, 1.54) is 49.6 Å². The van der Waals surface area contributed by atoms with Crippen molar-refractivity contribution in [3.8, 4) is 5.75 Å². The second-order valence-electron chi connectivity index (χ2n) is 6.88. The number of amides is 1. The SMILES string of the molecule is COc1ccc(N(CC(=O)Nc2cc(C(F)(F)F)ccc2Cl)S(=O)(=O)c2ccccc2)cc1Cl. The molecule has 3 rings (SSSR count). The van der Waals surface area contributed by atoms with Crippen molar-refractivity contribution in [3.63, 3.8) is 0 Å². The summed E-state index contributed by atoms with van der Waals surface area (Å²) in [5.74, 6) is -0.643. The quantitative estimate of drug-likeness (QED) is 0.413. The van der Waals surface area contributed by atoms with Gasteiger partial charge in [-0.05, 0) is 48.5 Å². The molecule has 0 saturated carbocycles. The summed E-state index contributed by atoms with van der Waals surface area (Å²) in [6.45, 7) is -0.771. The molecule has 0 aromatic heterocycles. The van der Waals surface area contributed by atoms with Crippen molar-refractivity contribution in [1.82, 2.24) is 0 Å². The first-order chi connectivity index (χ1) is 15.9. The zero-order valence-corrected chi connectivity index (χ0v) is 19.8. The molecule has 0 aliphatic carbocycles. The van der Waals surface area contributed by atoms with Crippen LogP contribution in [-0.4, -0.2) is 28.0 Å². The van der Waals surface area contributed by atoms with Gasteiger partial charge in [0, 0.05) is 0 Å². The van der Waals surface area contributed by atoms with Crippen molar-refractivity contribution in [2.24, 2.45) is 0 Å². The Labute approximate surface area is 203 Å². The highest BCUT2D eigenvalue weighted by Crippen LogP contribution is 2.35. The van der Waals surface area contributed by atoms with Crippen molar-refractivity contribution in [2.75, 3.05) is 23.3 Å². The molecule has 1 amide bonds. The van der Waals surface area contributed by atoms with E-state index in [0.717, 1.165) is 16.4 Å². The number of anilines is 2. The average Bonchev–Trinajstić information content (AvgIpc) is 2.78. The second-order valence-corrected chi connectivity index (χ2v) is 9.56. The van der Waals surface area contributed by atoms with Crippen LogP contribution in [0.3, 0.4) is 0 Å². The molecular weight excluding hydrogens is 516 g/mol. The van der Waals surface area contributed by atoms with Gasteiger partial charge in [0.05, 0.1) is 39.0 Å². The Balaban J connectivity index is 1.98. The highest BCUT2D eigenvalue weighted by Gasteiger charge is 2.32. The zero-order chi connectivity index (χ0) is 25.1. The van der Waals surface area contributed by atoms with Gasteiger partial charge in [0.15, 0.2) is 0 Å². The third-order valence-electron chi connectivity index (χ3n) is 4.61. The molecule has 34 heavy (non-hydrogen) atoms. The van der Waals surface area contributed by atoms with Crippen molar-refractivity contribution < 1.29 is 31.1 Å². The summed E-state index contributed by atoms with van der Waals surface area (Å²) in [6.07, 6.45) is -4.66. The van der Waals surface area contributed by atoms with Gasteiger partial charge < -0.3 is 10.1 Å². The van der Waals surface area contributed by atoms with Gasteiger partial charge in [0.25, 0.3) is 10.0 Å². The fourth-order valence-electron chi connectivity index (χ4n) is 2.96. The first-order valence-electron chi connectivity index (χ1n) is 9.51. The highest BCUT2D eigenvalue weighted by atomic mass is 35.5. The number of hydrogen-bond acceptors (Lipinski definition) is 4. The van der Waals surface area contributed by atoms with Crippen molar-refractivity contribution in [1.29, 1.82) is 0 Å². The Morgan fingerprint density at radius 3 is 2.26 bits per heavy atom. The number of nitrogens with one attached hydrogen (secondary N) is 1. The molecule has 180 valence electrons. The van der Waals surface area contributed by atoms with Crippen LogP contribution in [0, 0.1) is 0 Å². The maximum absolute atomic E-state index is 13.3. The van der Waals surface area contributed by atoms with Gasteiger partial charge >= 0.3 is 6.18 Å². The Morgan fingerprint density at radius 2 is 1.68 bits per heavy atom. The van der Waals surface area contributed by atoms with E-state index in [4.69, 9.17) is 27.9 Å². The summed E-state index contributed by atoms with van der Waals surface area (Å²) in [7, 11) is -2.88. The van der Waals surface area contributed by atoms with E-state index in [1.807, 2.05) is 0 Å². The van der Waals surface area contributed by atoms with E-state index in [2.05, 4.69) is 5.32 Å². The molecule has 3 aromatic carbocycles. The Kier molecular flexibility index (Phi) is 7.64. The van der Waals surface area contributed by atoms with Crippen LogP contribution in [0.1, 0.15) is 5.56 Å². The maximum atomic E-state index is 13.3. The third kappa shape index (κ3) is 5.75. The largest absolute Gasteiger partial charge is 0.495 e. The molecule has 12 heteroatoms. The van der Waals surface area contributed by atoms with Crippen molar-refractivity contribution in [3.05, 3.63) is 82.3 Å². The van der Waals surface area contributed by atoms with E-state index in [0.29, 0.717) is 6.07 Å². The Morgan fingerprint density at radius 1 is 1.00 bits per heavy atom. The molecule has 0 unspecified atom stereocenters. The minimum atomic E-state index is -4.66. The van der Waals surface area contributed by atoms with Gasteiger partial charge in [0.2, 0.25) is 5.91 Å². The molecule has 0 heterocycles. The van der Waals surface area contributed by atoms with Crippen LogP contribution in [0.2, 0.25) is 10.0 Å².